The third kappa shape index (κ3) is 2.70. The van der Waals surface area contributed by atoms with Gasteiger partial charge in [-0.2, -0.15) is 0 Å². The van der Waals surface area contributed by atoms with E-state index in [2.05, 4.69) is 15.9 Å². The molecule has 0 aliphatic heterocycles. The predicted octanol–water partition coefficient (Wildman–Crippen LogP) is 2.44. The van der Waals surface area contributed by atoms with Gasteiger partial charge in [-0.1, -0.05) is 15.9 Å². The summed E-state index contributed by atoms with van der Waals surface area (Å²) < 4.78 is 18.6. The zero-order valence-electron chi connectivity index (χ0n) is 7.33. The molecule has 0 spiro atoms. The number of carboxylic acid groups (broad SMARTS) is 1. The molecule has 0 saturated carbocycles. The molecule has 0 radical (unpaired) electrons. The minimum atomic E-state index is -1.13. The highest BCUT2D eigenvalue weighted by atomic mass is 79.9. The van der Waals surface area contributed by atoms with Gasteiger partial charge in [-0.15, -0.1) is 0 Å². The number of carboxylic acids is 1. The van der Waals surface area contributed by atoms with Crippen LogP contribution in [0.25, 0.3) is 0 Å². The van der Waals surface area contributed by atoms with Crippen molar-refractivity contribution < 1.29 is 19.0 Å². The summed E-state index contributed by atoms with van der Waals surface area (Å²) in [5.41, 5.74) is 0. The summed E-state index contributed by atoms with van der Waals surface area (Å²) in [7, 11) is 0. The molecule has 0 unspecified atom stereocenters. The second kappa shape index (κ2) is 4.41. The van der Waals surface area contributed by atoms with E-state index in [-0.39, 0.29) is 5.75 Å². The maximum Gasteiger partial charge on any atom is 0.344 e. The van der Waals surface area contributed by atoms with Gasteiger partial charge in [0.05, 0.1) is 0 Å². The van der Waals surface area contributed by atoms with Crippen molar-refractivity contribution in [2.75, 3.05) is 0 Å². The zero-order valence-corrected chi connectivity index (χ0v) is 8.92. The molecule has 1 aromatic carbocycles. The third-order valence-electron chi connectivity index (χ3n) is 1.55. The number of aliphatic carboxylic acids is 1. The summed E-state index contributed by atoms with van der Waals surface area (Å²) in [6.45, 7) is 1.34. The molecule has 0 fully saturated rings. The first-order valence-electron chi connectivity index (χ1n) is 3.85. The Labute approximate surface area is 88.6 Å². The first kappa shape index (κ1) is 11.0. The van der Waals surface area contributed by atoms with Crippen molar-refractivity contribution in [3.05, 3.63) is 28.5 Å². The van der Waals surface area contributed by atoms with E-state index in [0.717, 1.165) is 0 Å². The smallest absolute Gasteiger partial charge is 0.344 e. The lowest BCUT2D eigenvalue weighted by molar-refractivity contribution is -0.144. The largest absolute Gasteiger partial charge is 0.479 e. The van der Waals surface area contributed by atoms with Crippen LogP contribution in [-0.4, -0.2) is 17.2 Å². The average Bonchev–Trinajstić information content (AvgIpc) is 2.09. The van der Waals surface area contributed by atoms with Gasteiger partial charge in [0.1, 0.15) is 0 Å². The second-order valence-electron chi connectivity index (χ2n) is 2.67. The van der Waals surface area contributed by atoms with Crippen LogP contribution in [0.3, 0.4) is 0 Å². The quantitative estimate of drug-likeness (QED) is 0.910. The molecule has 1 N–H and O–H groups in total. The number of ether oxygens (including phenoxy) is 1. The van der Waals surface area contributed by atoms with Crippen LogP contribution in [0.1, 0.15) is 6.92 Å². The zero-order chi connectivity index (χ0) is 10.7. The monoisotopic (exact) mass is 262 g/mol. The number of carbonyl (C=O) groups is 1. The summed E-state index contributed by atoms with van der Waals surface area (Å²) in [6, 6.07) is 4.16. The van der Waals surface area contributed by atoms with Crippen molar-refractivity contribution in [1.82, 2.24) is 0 Å². The van der Waals surface area contributed by atoms with Crippen LogP contribution in [0, 0.1) is 5.82 Å². The summed E-state index contributed by atoms with van der Waals surface area (Å²) in [5.74, 6) is -1.79. The van der Waals surface area contributed by atoms with E-state index < -0.39 is 17.9 Å². The van der Waals surface area contributed by atoms with Crippen LogP contribution in [0.15, 0.2) is 22.7 Å². The van der Waals surface area contributed by atoms with Crippen molar-refractivity contribution in [2.45, 2.75) is 13.0 Å². The lowest BCUT2D eigenvalue weighted by atomic mass is 10.3. The van der Waals surface area contributed by atoms with Crippen LogP contribution in [0.2, 0.25) is 0 Å². The van der Waals surface area contributed by atoms with E-state index in [4.69, 9.17) is 9.84 Å². The lowest BCUT2D eigenvalue weighted by Crippen LogP contribution is -2.23. The van der Waals surface area contributed by atoms with Gasteiger partial charge in [0.15, 0.2) is 17.7 Å². The molecule has 1 atom stereocenters. The topological polar surface area (TPSA) is 46.5 Å². The molecule has 1 aromatic rings. The Morgan fingerprint density at radius 1 is 1.64 bits per heavy atom. The van der Waals surface area contributed by atoms with Gasteiger partial charge in [-0.25, -0.2) is 9.18 Å². The molecule has 5 heteroatoms. The van der Waals surface area contributed by atoms with E-state index in [1.807, 2.05) is 0 Å². The first-order valence-corrected chi connectivity index (χ1v) is 4.64. The number of rotatable bonds is 3. The van der Waals surface area contributed by atoms with Gasteiger partial charge in [0.25, 0.3) is 0 Å². The predicted molar refractivity (Wildman–Crippen MR) is 51.8 cm³/mol. The van der Waals surface area contributed by atoms with Gasteiger partial charge in [-0.3, -0.25) is 0 Å². The van der Waals surface area contributed by atoms with E-state index in [1.165, 1.54) is 19.1 Å². The molecule has 0 bridgehead atoms. The molecular weight excluding hydrogens is 255 g/mol. The highest BCUT2D eigenvalue weighted by Gasteiger charge is 2.14. The molecule has 14 heavy (non-hydrogen) atoms. The standard InChI is InChI=1S/C9H8BrFO3/c1-5(9(12)13)14-8-3-2-6(10)4-7(8)11/h2-5H,1H3,(H,12,13)/t5-/m1/s1. The Kier molecular flexibility index (Phi) is 3.46. The average molecular weight is 263 g/mol. The minimum absolute atomic E-state index is 0.0666. The van der Waals surface area contributed by atoms with Gasteiger partial charge >= 0.3 is 5.97 Å². The molecule has 0 aliphatic carbocycles. The number of halogens is 2. The number of hydrogen-bond acceptors (Lipinski definition) is 2. The van der Waals surface area contributed by atoms with E-state index in [1.54, 1.807) is 6.07 Å². The second-order valence-corrected chi connectivity index (χ2v) is 3.59. The molecule has 1 rings (SSSR count). The SMILES string of the molecule is C[C@@H](Oc1ccc(Br)cc1F)C(=O)O. The van der Waals surface area contributed by atoms with Crippen LogP contribution in [0.5, 0.6) is 5.75 Å². The van der Waals surface area contributed by atoms with Gasteiger partial charge in [-0.05, 0) is 25.1 Å². The molecule has 3 nitrogen and oxygen atoms in total. The van der Waals surface area contributed by atoms with E-state index in [9.17, 15) is 9.18 Å². The molecule has 76 valence electrons. The maximum atomic E-state index is 13.1. The van der Waals surface area contributed by atoms with E-state index in [0.29, 0.717) is 4.47 Å². The van der Waals surface area contributed by atoms with Crippen LogP contribution < -0.4 is 4.74 Å². The fourth-order valence-electron chi connectivity index (χ4n) is 0.812. The van der Waals surface area contributed by atoms with E-state index >= 15 is 0 Å². The molecule has 0 amide bonds. The fourth-order valence-corrected chi connectivity index (χ4v) is 1.14. The van der Waals surface area contributed by atoms with Crippen molar-refractivity contribution >= 4 is 21.9 Å². The molecule has 0 heterocycles. The van der Waals surface area contributed by atoms with Gasteiger partial charge in [0.2, 0.25) is 0 Å². The normalized spacial score (nSPS) is 12.2. The molecule has 0 aliphatic rings. The Bertz CT molecular complexity index is 354. The Morgan fingerprint density at radius 3 is 2.79 bits per heavy atom. The number of benzene rings is 1. The number of hydrogen-bond donors (Lipinski definition) is 1. The van der Waals surface area contributed by atoms with Crippen molar-refractivity contribution in [1.29, 1.82) is 0 Å². The highest BCUT2D eigenvalue weighted by Crippen LogP contribution is 2.22. The van der Waals surface area contributed by atoms with Crippen LogP contribution >= 0.6 is 15.9 Å². The molecular formula is C9H8BrFO3. The Morgan fingerprint density at radius 2 is 2.29 bits per heavy atom. The first-order chi connectivity index (χ1) is 6.50. The lowest BCUT2D eigenvalue weighted by Gasteiger charge is -2.10. The summed E-state index contributed by atoms with van der Waals surface area (Å²) in [6.07, 6.45) is -1.06. The fraction of sp³-hybridized carbons (Fsp3) is 0.222. The highest BCUT2D eigenvalue weighted by molar-refractivity contribution is 9.10. The van der Waals surface area contributed by atoms with Gasteiger partial charge < -0.3 is 9.84 Å². The van der Waals surface area contributed by atoms with Crippen LogP contribution in [0.4, 0.5) is 4.39 Å². The van der Waals surface area contributed by atoms with Crippen molar-refractivity contribution in [3.8, 4) is 5.75 Å². The minimum Gasteiger partial charge on any atom is -0.479 e. The molecule has 0 aromatic heterocycles. The summed E-state index contributed by atoms with van der Waals surface area (Å²) >= 11 is 3.08. The summed E-state index contributed by atoms with van der Waals surface area (Å²) in [4.78, 5) is 10.4. The van der Waals surface area contributed by atoms with Gasteiger partial charge in [0, 0.05) is 4.47 Å². The Hall–Kier alpha value is -1.10. The van der Waals surface area contributed by atoms with Crippen molar-refractivity contribution in [3.63, 3.8) is 0 Å². The van der Waals surface area contributed by atoms with Crippen molar-refractivity contribution in [2.24, 2.45) is 0 Å². The summed E-state index contributed by atoms with van der Waals surface area (Å²) in [5, 5.41) is 8.53. The maximum absolute atomic E-state index is 13.1. The van der Waals surface area contributed by atoms with Crippen LogP contribution in [-0.2, 0) is 4.79 Å². The Balaban J connectivity index is 2.82. The third-order valence-corrected chi connectivity index (χ3v) is 2.04. The molecule has 0 saturated heterocycles.